The predicted molar refractivity (Wildman–Crippen MR) is 94.8 cm³/mol. The Kier molecular flexibility index (Phi) is 3.89. The monoisotopic (exact) mass is 356 g/mol. The third kappa shape index (κ3) is 2.58. The number of hydrogen-bond donors (Lipinski definition) is 0. The van der Waals surface area contributed by atoms with Crippen LogP contribution in [0.15, 0.2) is 24.4 Å². The quantitative estimate of drug-likeness (QED) is 0.841. The lowest BCUT2D eigenvalue weighted by molar-refractivity contribution is 0.163. The van der Waals surface area contributed by atoms with E-state index in [0.29, 0.717) is 18.2 Å². The fourth-order valence-electron chi connectivity index (χ4n) is 4.75. The van der Waals surface area contributed by atoms with Crippen molar-refractivity contribution in [2.24, 2.45) is 0 Å². The standard InChI is InChI=1S/C20H22F2N4/c21-16-5-3-4-13(19(16)22)12-26-14-6-7-18(26)15-11-23-20(24-17(15)10-14)25-8-1-2-9-25/h3-5,11,14,18H,1-2,6-10,12H2/t14-,18-/m0/s1. The van der Waals surface area contributed by atoms with Gasteiger partial charge in [-0.2, -0.15) is 0 Å². The summed E-state index contributed by atoms with van der Waals surface area (Å²) in [6.07, 6.45) is 7.35. The van der Waals surface area contributed by atoms with Crippen molar-refractivity contribution in [1.82, 2.24) is 14.9 Å². The first-order chi connectivity index (χ1) is 12.7. The first kappa shape index (κ1) is 16.1. The van der Waals surface area contributed by atoms with Crippen LogP contribution >= 0.6 is 0 Å². The lowest BCUT2D eigenvalue weighted by Crippen LogP contribution is -2.38. The van der Waals surface area contributed by atoms with Crippen molar-refractivity contribution in [1.29, 1.82) is 0 Å². The molecule has 2 bridgehead atoms. The van der Waals surface area contributed by atoms with E-state index in [1.54, 1.807) is 12.1 Å². The van der Waals surface area contributed by atoms with Crippen LogP contribution in [0.25, 0.3) is 0 Å². The molecule has 0 spiro atoms. The topological polar surface area (TPSA) is 32.3 Å². The summed E-state index contributed by atoms with van der Waals surface area (Å²) in [7, 11) is 0. The van der Waals surface area contributed by atoms with Crippen LogP contribution < -0.4 is 4.90 Å². The largest absolute Gasteiger partial charge is 0.341 e. The smallest absolute Gasteiger partial charge is 0.225 e. The van der Waals surface area contributed by atoms with Gasteiger partial charge in [-0.1, -0.05) is 12.1 Å². The highest BCUT2D eigenvalue weighted by atomic mass is 19.2. The highest BCUT2D eigenvalue weighted by Gasteiger charge is 2.41. The van der Waals surface area contributed by atoms with Crippen molar-refractivity contribution >= 4 is 5.95 Å². The van der Waals surface area contributed by atoms with E-state index in [0.717, 1.165) is 44.0 Å². The Bertz CT molecular complexity index is 835. The van der Waals surface area contributed by atoms with Gasteiger partial charge in [0, 0.05) is 55.5 Å². The third-order valence-electron chi connectivity index (χ3n) is 6.09. The van der Waals surface area contributed by atoms with E-state index in [-0.39, 0.29) is 6.04 Å². The molecule has 6 heteroatoms. The Labute approximate surface area is 151 Å². The molecule has 0 radical (unpaired) electrons. The highest BCUT2D eigenvalue weighted by molar-refractivity contribution is 5.38. The molecule has 3 aliphatic rings. The van der Waals surface area contributed by atoms with Gasteiger partial charge in [-0.05, 0) is 31.7 Å². The summed E-state index contributed by atoms with van der Waals surface area (Å²) < 4.78 is 27.7. The van der Waals surface area contributed by atoms with Gasteiger partial charge in [0.05, 0.1) is 5.69 Å². The molecule has 1 aromatic carbocycles. The number of halogens is 2. The molecular formula is C20H22F2N4. The van der Waals surface area contributed by atoms with Crippen molar-refractivity contribution in [2.45, 2.75) is 50.7 Å². The normalized spacial score (nSPS) is 24.9. The second-order valence-corrected chi connectivity index (χ2v) is 7.60. The van der Waals surface area contributed by atoms with E-state index in [4.69, 9.17) is 4.98 Å². The zero-order valence-electron chi connectivity index (χ0n) is 14.7. The fourth-order valence-corrected chi connectivity index (χ4v) is 4.75. The van der Waals surface area contributed by atoms with E-state index < -0.39 is 11.6 Å². The van der Waals surface area contributed by atoms with Gasteiger partial charge >= 0.3 is 0 Å². The van der Waals surface area contributed by atoms with Crippen LogP contribution in [0.1, 0.15) is 48.5 Å². The van der Waals surface area contributed by atoms with Gasteiger partial charge in [-0.15, -0.1) is 0 Å². The fraction of sp³-hybridized carbons (Fsp3) is 0.500. The number of aromatic nitrogens is 2. The Morgan fingerprint density at radius 2 is 1.96 bits per heavy atom. The van der Waals surface area contributed by atoms with Gasteiger partial charge in [-0.25, -0.2) is 18.7 Å². The summed E-state index contributed by atoms with van der Waals surface area (Å²) in [6, 6.07) is 4.99. The summed E-state index contributed by atoms with van der Waals surface area (Å²) in [6.45, 7) is 2.51. The average Bonchev–Trinajstić information content (AvgIpc) is 3.27. The lowest BCUT2D eigenvalue weighted by Gasteiger charge is -2.36. The van der Waals surface area contributed by atoms with Gasteiger partial charge < -0.3 is 4.90 Å². The van der Waals surface area contributed by atoms with Crippen LogP contribution in [-0.2, 0) is 13.0 Å². The van der Waals surface area contributed by atoms with Gasteiger partial charge in [0.15, 0.2) is 11.6 Å². The minimum Gasteiger partial charge on any atom is -0.341 e. The molecule has 2 atom stereocenters. The summed E-state index contributed by atoms with van der Waals surface area (Å²) >= 11 is 0. The van der Waals surface area contributed by atoms with E-state index in [2.05, 4.69) is 14.8 Å². The van der Waals surface area contributed by atoms with Crippen molar-refractivity contribution in [3.63, 3.8) is 0 Å². The minimum atomic E-state index is -0.772. The molecule has 0 amide bonds. The van der Waals surface area contributed by atoms with E-state index in [1.807, 2.05) is 6.20 Å². The molecular weight excluding hydrogens is 334 g/mol. The van der Waals surface area contributed by atoms with Crippen molar-refractivity contribution < 1.29 is 8.78 Å². The molecule has 26 heavy (non-hydrogen) atoms. The number of rotatable bonds is 3. The second kappa shape index (κ2) is 6.27. The molecule has 5 rings (SSSR count). The van der Waals surface area contributed by atoms with Crippen molar-refractivity contribution in [3.8, 4) is 0 Å². The van der Waals surface area contributed by atoms with Crippen molar-refractivity contribution in [2.75, 3.05) is 18.0 Å². The SMILES string of the molecule is Fc1cccc(CN2[C@H]3CC[C@H]2c2cnc(N4CCCC4)nc2C3)c1F. The minimum absolute atomic E-state index is 0.207. The van der Waals surface area contributed by atoms with Gasteiger partial charge in [0.1, 0.15) is 0 Å². The zero-order valence-corrected chi connectivity index (χ0v) is 14.7. The maximum atomic E-state index is 14.1. The summed E-state index contributed by atoms with van der Waals surface area (Å²) in [5.41, 5.74) is 2.74. The van der Waals surface area contributed by atoms with Gasteiger partial charge in [-0.3, -0.25) is 4.90 Å². The average molecular weight is 356 g/mol. The van der Waals surface area contributed by atoms with Gasteiger partial charge in [0.25, 0.3) is 0 Å². The van der Waals surface area contributed by atoms with Crippen LogP contribution in [0.3, 0.4) is 0 Å². The molecule has 2 fully saturated rings. The zero-order chi connectivity index (χ0) is 17.7. The molecule has 0 aliphatic carbocycles. The van der Waals surface area contributed by atoms with Crippen LogP contribution in [0, 0.1) is 11.6 Å². The first-order valence-corrected chi connectivity index (χ1v) is 9.50. The Balaban J connectivity index is 1.43. The molecule has 0 unspecified atom stereocenters. The molecule has 2 aromatic rings. The molecule has 0 N–H and O–H groups in total. The van der Waals surface area contributed by atoms with Crippen LogP contribution in [0.2, 0.25) is 0 Å². The number of fused-ring (bicyclic) bond motifs is 4. The molecule has 1 aromatic heterocycles. The molecule has 3 aliphatic heterocycles. The van der Waals surface area contributed by atoms with Crippen LogP contribution in [0.4, 0.5) is 14.7 Å². The van der Waals surface area contributed by atoms with Crippen LogP contribution in [0.5, 0.6) is 0 Å². The summed E-state index contributed by atoms with van der Waals surface area (Å²) in [5, 5.41) is 0. The maximum absolute atomic E-state index is 14.1. The summed E-state index contributed by atoms with van der Waals surface area (Å²) in [4.78, 5) is 14.0. The number of anilines is 1. The molecule has 0 saturated carbocycles. The van der Waals surface area contributed by atoms with E-state index >= 15 is 0 Å². The lowest BCUT2D eigenvalue weighted by atomic mass is 9.98. The first-order valence-electron chi connectivity index (χ1n) is 9.50. The predicted octanol–water partition coefficient (Wildman–Crippen LogP) is 3.62. The Morgan fingerprint density at radius 3 is 2.81 bits per heavy atom. The molecule has 4 heterocycles. The Morgan fingerprint density at radius 1 is 1.12 bits per heavy atom. The highest BCUT2D eigenvalue weighted by Crippen LogP contribution is 2.44. The number of hydrogen-bond acceptors (Lipinski definition) is 4. The van der Waals surface area contributed by atoms with Crippen molar-refractivity contribution in [3.05, 3.63) is 52.9 Å². The Hall–Kier alpha value is -2.08. The number of nitrogens with zero attached hydrogens (tertiary/aromatic N) is 4. The number of benzene rings is 1. The maximum Gasteiger partial charge on any atom is 0.225 e. The van der Waals surface area contributed by atoms with E-state index in [9.17, 15) is 8.78 Å². The second-order valence-electron chi connectivity index (χ2n) is 7.60. The molecule has 136 valence electrons. The molecule has 4 nitrogen and oxygen atoms in total. The summed E-state index contributed by atoms with van der Waals surface area (Å²) in [5.74, 6) is -0.644. The molecule has 2 saturated heterocycles. The van der Waals surface area contributed by atoms with E-state index in [1.165, 1.54) is 24.5 Å². The van der Waals surface area contributed by atoms with Crippen LogP contribution in [-0.4, -0.2) is 34.0 Å². The third-order valence-corrected chi connectivity index (χ3v) is 6.09. The van der Waals surface area contributed by atoms with Gasteiger partial charge in [0.2, 0.25) is 5.95 Å².